The van der Waals surface area contributed by atoms with E-state index in [1.807, 2.05) is 12.1 Å². The molecule has 0 fully saturated rings. The zero-order valence-electron chi connectivity index (χ0n) is 13.5. The summed E-state index contributed by atoms with van der Waals surface area (Å²) in [5, 5.41) is 21.5. The van der Waals surface area contributed by atoms with Gasteiger partial charge in [-0.1, -0.05) is 32.0 Å². The van der Waals surface area contributed by atoms with Gasteiger partial charge in [-0.05, 0) is 12.0 Å². The van der Waals surface area contributed by atoms with Crippen LogP contribution in [0.25, 0.3) is 10.9 Å². The van der Waals surface area contributed by atoms with Gasteiger partial charge in [-0.3, -0.25) is 14.7 Å². The highest BCUT2D eigenvalue weighted by atomic mass is 16.4. The molecule has 0 saturated carbocycles. The third-order valence-corrected chi connectivity index (χ3v) is 3.57. The number of carboxylic acids is 1. The lowest BCUT2D eigenvalue weighted by atomic mass is 10.0. The number of benzene rings is 1. The number of carbonyl (C=O) groups excluding carboxylic acids is 2. The molecule has 128 valence electrons. The van der Waals surface area contributed by atoms with Crippen LogP contribution in [0, 0.1) is 5.92 Å². The van der Waals surface area contributed by atoms with Crippen LogP contribution in [-0.4, -0.2) is 45.7 Å². The number of nitrogens with zero attached hydrogens (tertiary/aromatic N) is 1. The van der Waals surface area contributed by atoms with Gasteiger partial charge in [-0.25, -0.2) is 4.79 Å². The van der Waals surface area contributed by atoms with Gasteiger partial charge in [0.15, 0.2) is 5.69 Å². The topological polar surface area (TPSA) is 124 Å². The Bertz CT molecular complexity index is 753. The summed E-state index contributed by atoms with van der Waals surface area (Å²) in [7, 11) is 0. The van der Waals surface area contributed by atoms with Crippen LogP contribution >= 0.6 is 0 Å². The lowest BCUT2D eigenvalue weighted by Gasteiger charge is -2.17. The summed E-state index contributed by atoms with van der Waals surface area (Å²) < 4.78 is 0. The van der Waals surface area contributed by atoms with E-state index in [0.717, 1.165) is 5.52 Å². The number of aromatic amines is 1. The van der Waals surface area contributed by atoms with E-state index in [9.17, 15) is 14.4 Å². The fraction of sp³-hybridized carbons (Fsp3) is 0.375. The molecular weight excluding hydrogens is 312 g/mol. The van der Waals surface area contributed by atoms with Crippen molar-refractivity contribution in [3.05, 3.63) is 30.0 Å². The molecule has 0 aliphatic carbocycles. The maximum Gasteiger partial charge on any atom is 0.326 e. The van der Waals surface area contributed by atoms with Crippen LogP contribution in [0.2, 0.25) is 0 Å². The highest BCUT2D eigenvalue weighted by molar-refractivity contribution is 6.04. The minimum atomic E-state index is -1.08. The monoisotopic (exact) mass is 332 g/mol. The smallest absolute Gasteiger partial charge is 0.326 e. The van der Waals surface area contributed by atoms with Crippen LogP contribution in [-0.2, 0) is 9.59 Å². The lowest BCUT2D eigenvalue weighted by molar-refractivity contribution is -0.143. The van der Waals surface area contributed by atoms with Crippen molar-refractivity contribution in [3.63, 3.8) is 0 Å². The summed E-state index contributed by atoms with van der Waals surface area (Å²) in [6.07, 6.45) is -0.00933. The third-order valence-electron chi connectivity index (χ3n) is 3.57. The Kier molecular flexibility index (Phi) is 5.51. The van der Waals surface area contributed by atoms with E-state index in [0.29, 0.717) is 5.39 Å². The number of nitrogens with one attached hydrogen (secondary N) is 3. The van der Waals surface area contributed by atoms with E-state index in [1.54, 1.807) is 26.0 Å². The largest absolute Gasteiger partial charge is 0.480 e. The van der Waals surface area contributed by atoms with Crippen molar-refractivity contribution in [2.24, 2.45) is 5.92 Å². The molecular formula is C16H20N4O4. The second kappa shape index (κ2) is 7.58. The molecule has 2 rings (SSSR count). The number of fused-ring (bicyclic) bond motifs is 1. The molecule has 8 nitrogen and oxygen atoms in total. The zero-order valence-corrected chi connectivity index (χ0v) is 13.5. The Hall–Kier alpha value is -2.90. The fourth-order valence-electron chi connectivity index (χ4n) is 2.27. The average Bonchev–Trinajstić information content (AvgIpc) is 2.96. The van der Waals surface area contributed by atoms with Gasteiger partial charge in [-0.2, -0.15) is 5.10 Å². The molecule has 0 spiro atoms. The second-order valence-corrected chi connectivity index (χ2v) is 5.75. The SMILES string of the molecule is CC(C)[C@@H](NC(=O)CCNC(=O)c1n[nH]c2ccccc12)C(=O)O. The van der Waals surface area contributed by atoms with Gasteiger partial charge in [0.1, 0.15) is 6.04 Å². The minimum absolute atomic E-state index is 0.00933. The summed E-state index contributed by atoms with van der Waals surface area (Å²) in [4.78, 5) is 35.0. The first-order valence-electron chi connectivity index (χ1n) is 7.63. The number of aliphatic carboxylic acids is 1. The van der Waals surface area contributed by atoms with E-state index in [1.165, 1.54) is 0 Å². The summed E-state index contributed by atoms with van der Waals surface area (Å²) in [5.74, 6) is -2.12. The molecule has 1 aromatic heterocycles. The number of aromatic nitrogens is 2. The molecule has 1 heterocycles. The minimum Gasteiger partial charge on any atom is -0.480 e. The van der Waals surface area contributed by atoms with E-state index >= 15 is 0 Å². The molecule has 2 amide bonds. The molecule has 24 heavy (non-hydrogen) atoms. The number of hydrogen-bond donors (Lipinski definition) is 4. The van der Waals surface area contributed by atoms with Crippen LogP contribution in [0.1, 0.15) is 30.8 Å². The molecule has 4 N–H and O–H groups in total. The molecule has 0 unspecified atom stereocenters. The van der Waals surface area contributed by atoms with Crippen LogP contribution in [0.15, 0.2) is 24.3 Å². The molecule has 0 aliphatic heterocycles. The van der Waals surface area contributed by atoms with E-state index in [4.69, 9.17) is 5.11 Å². The summed E-state index contributed by atoms with van der Waals surface area (Å²) in [5.41, 5.74) is 1.01. The van der Waals surface area contributed by atoms with Crippen molar-refractivity contribution in [1.82, 2.24) is 20.8 Å². The number of H-pyrrole nitrogens is 1. The van der Waals surface area contributed by atoms with Crippen molar-refractivity contribution >= 4 is 28.7 Å². The van der Waals surface area contributed by atoms with Crippen molar-refractivity contribution in [1.29, 1.82) is 0 Å². The predicted octanol–water partition coefficient (Wildman–Crippen LogP) is 0.908. The standard InChI is InChI=1S/C16H20N4O4/c1-9(2)13(16(23)24)18-12(21)7-8-17-15(22)14-10-5-3-4-6-11(10)19-20-14/h3-6,9,13H,7-8H2,1-2H3,(H,17,22)(H,18,21)(H,19,20)(H,23,24)/t13-/m1/s1. The molecule has 0 aliphatic rings. The highest BCUT2D eigenvalue weighted by Gasteiger charge is 2.23. The van der Waals surface area contributed by atoms with Crippen LogP contribution < -0.4 is 10.6 Å². The van der Waals surface area contributed by atoms with Gasteiger partial charge in [0.25, 0.3) is 5.91 Å². The number of rotatable bonds is 7. The maximum atomic E-state index is 12.1. The first-order valence-corrected chi connectivity index (χ1v) is 7.63. The summed E-state index contributed by atoms with van der Waals surface area (Å²) >= 11 is 0. The second-order valence-electron chi connectivity index (χ2n) is 5.75. The Morgan fingerprint density at radius 2 is 1.96 bits per heavy atom. The van der Waals surface area contributed by atoms with Gasteiger partial charge in [0.05, 0.1) is 5.52 Å². The lowest BCUT2D eigenvalue weighted by Crippen LogP contribution is -2.45. The van der Waals surface area contributed by atoms with Crippen LogP contribution in [0.3, 0.4) is 0 Å². The van der Waals surface area contributed by atoms with Gasteiger partial charge in [0.2, 0.25) is 5.91 Å². The van der Waals surface area contributed by atoms with Crippen LogP contribution in [0.4, 0.5) is 0 Å². The summed E-state index contributed by atoms with van der Waals surface area (Å²) in [6.45, 7) is 3.52. The van der Waals surface area contributed by atoms with Crippen molar-refractivity contribution < 1.29 is 19.5 Å². The number of hydrogen-bond acceptors (Lipinski definition) is 4. The molecule has 2 aromatic rings. The maximum absolute atomic E-state index is 12.1. The molecule has 1 aromatic carbocycles. The Balaban J connectivity index is 1.86. The quantitative estimate of drug-likeness (QED) is 0.600. The van der Waals surface area contributed by atoms with E-state index in [-0.39, 0.29) is 30.5 Å². The molecule has 0 saturated heterocycles. The summed E-state index contributed by atoms with van der Waals surface area (Å²) in [6, 6.07) is 6.29. The fourth-order valence-corrected chi connectivity index (χ4v) is 2.27. The molecule has 0 radical (unpaired) electrons. The van der Waals surface area contributed by atoms with Crippen molar-refractivity contribution in [3.8, 4) is 0 Å². The number of carbonyl (C=O) groups is 3. The normalized spacial score (nSPS) is 12.1. The number of amides is 2. The molecule has 1 atom stereocenters. The number of para-hydroxylation sites is 1. The highest BCUT2D eigenvalue weighted by Crippen LogP contribution is 2.14. The number of carboxylic acid groups (broad SMARTS) is 1. The van der Waals surface area contributed by atoms with Crippen molar-refractivity contribution in [2.75, 3.05) is 6.54 Å². The van der Waals surface area contributed by atoms with E-state index < -0.39 is 17.9 Å². The van der Waals surface area contributed by atoms with E-state index in [2.05, 4.69) is 20.8 Å². The Morgan fingerprint density at radius 3 is 2.62 bits per heavy atom. The first kappa shape index (κ1) is 17.5. The van der Waals surface area contributed by atoms with Gasteiger partial charge >= 0.3 is 5.97 Å². The van der Waals surface area contributed by atoms with Gasteiger partial charge in [0, 0.05) is 18.4 Å². The van der Waals surface area contributed by atoms with Crippen LogP contribution in [0.5, 0.6) is 0 Å². The van der Waals surface area contributed by atoms with Gasteiger partial charge < -0.3 is 15.7 Å². The predicted molar refractivity (Wildman–Crippen MR) is 87.4 cm³/mol. The first-order chi connectivity index (χ1) is 11.4. The third kappa shape index (κ3) is 4.09. The zero-order chi connectivity index (χ0) is 17.7. The molecule has 8 heteroatoms. The Morgan fingerprint density at radius 1 is 1.25 bits per heavy atom. The average molecular weight is 332 g/mol. The molecule has 0 bridgehead atoms. The Labute approximate surface area is 138 Å². The van der Waals surface area contributed by atoms with Gasteiger partial charge in [-0.15, -0.1) is 0 Å². The van der Waals surface area contributed by atoms with Crippen molar-refractivity contribution in [2.45, 2.75) is 26.3 Å².